The van der Waals surface area contributed by atoms with Crippen LogP contribution in [0.15, 0.2) is 18.2 Å². The van der Waals surface area contributed by atoms with E-state index in [1.807, 2.05) is 0 Å². The van der Waals surface area contributed by atoms with Gasteiger partial charge in [-0.25, -0.2) is 0 Å². The maximum Gasteiger partial charge on any atom is 0.122 e. The third-order valence-electron chi connectivity index (χ3n) is 3.94. The predicted octanol–water partition coefficient (Wildman–Crippen LogP) is 3.60. The normalized spacial score (nSPS) is 16.4. The first-order valence-electron chi connectivity index (χ1n) is 6.98. The van der Waals surface area contributed by atoms with E-state index in [2.05, 4.69) is 39.0 Å². The van der Waals surface area contributed by atoms with Gasteiger partial charge in [-0.2, -0.15) is 0 Å². The Balaban J connectivity index is 2.03. The van der Waals surface area contributed by atoms with Gasteiger partial charge in [0.1, 0.15) is 5.75 Å². The number of rotatable bonds is 6. The van der Waals surface area contributed by atoms with Crippen molar-refractivity contribution in [2.45, 2.75) is 46.0 Å². The lowest BCUT2D eigenvalue weighted by Gasteiger charge is -2.18. The summed E-state index contributed by atoms with van der Waals surface area (Å²) in [6, 6.07) is 6.42. The second-order valence-corrected chi connectivity index (χ2v) is 6.17. The molecule has 3 heteroatoms. The van der Waals surface area contributed by atoms with Crippen molar-refractivity contribution in [3.05, 3.63) is 29.3 Å². The zero-order valence-corrected chi connectivity index (χ0v) is 12.1. The van der Waals surface area contributed by atoms with E-state index in [1.54, 1.807) is 0 Å². The molecule has 0 heterocycles. The number of amidine groups is 1. The zero-order valence-electron chi connectivity index (χ0n) is 12.1. The van der Waals surface area contributed by atoms with Gasteiger partial charge in [-0.1, -0.05) is 26.0 Å². The lowest BCUT2D eigenvalue weighted by Crippen LogP contribution is -2.22. The van der Waals surface area contributed by atoms with Crippen LogP contribution in [0, 0.1) is 17.7 Å². The summed E-state index contributed by atoms with van der Waals surface area (Å²) in [5.74, 6) is 1.75. The van der Waals surface area contributed by atoms with Gasteiger partial charge in [0, 0.05) is 11.8 Å². The van der Waals surface area contributed by atoms with E-state index >= 15 is 0 Å². The van der Waals surface area contributed by atoms with Crippen LogP contribution in [-0.2, 0) is 0 Å². The van der Waals surface area contributed by atoms with Gasteiger partial charge in [0.2, 0.25) is 0 Å². The Morgan fingerprint density at radius 3 is 2.63 bits per heavy atom. The van der Waals surface area contributed by atoms with Crippen molar-refractivity contribution in [1.29, 1.82) is 5.41 Å². The van der Waals surface area contributed by atoms with Crippen molar-refractivity contribution in [3.8, 4) is 5.75 Å². The standard InChI is InChI=1S/C16H24N2O/c1-11(2)13-5-4-12(3)14(8-13)19-10-16(6-7-16)9-15(17)18/h4-5,8,11H,6-7,9-10H2,1-3H3,(H3,17,18). The van der Waals surface area contributed by atoms with E-state index < -0.39 is 0 Å². The molecule has 1 aliphatic rings. The van der Waals surface area contributed by atoms with Crippen molar-refractivity contribution in [1.82, 2.24) is 0 Å². The molecule has 1 aromatic carbocycles. The Morgan fingerprint density at radius 2 is 2.11 bits per heavy atom. The van der Waals surface area contributed by atoms with E-state index in [9.17, 15) is 0 Å². The summed E-state index contributed by atoms with van der Waals surface area (Å²) >= 11 is 0. The van der Waals surface area contributed by atoms with Crippen LogP contribution >= 0.6 is 0 Å². The Kier molecular flexibility index (Phi) is 3.83. The van der Waals surface area contributed by atoms with Gasteiger partial charge >= 0.3 is 0 Å². The molecule has 3 nitrogen and oxygen atoms in total. The molecule has 0 unspecified atom stereocenters. The smallest absolute Gasteiger partial charge is 0.122 e. The largest absolute Gasteiger partial charge is 0.493 e. The number of benzene rings is 1. The number of hydrogen-bond donors (Lipinski definition) is 2. The molecule has 0 bridgehead atoms. The molecule has 1 aromatic rings. The highest BCUT2D eigenvalue weighted by molar-refractivity contribution is 5.78. The average Bonchev–Trinajstić information content (AvgIpc) is 3.07. The van der Waals surface area contributed by atoms with Crippen LogP contribution in [-0.4, -0.2) is 12.4 Å². The number of nitrogens with one attached hydrogen (secondary N) is 1. The molecule has 1 aliphatic carbocycles. The summed E-state index contributed by atoms with van der Waals surface area (Å²) in [6.45, 7) is 7.12. The number of aryl methyl sites for hydroxylation is 1. The van der Waals surface area contributed by atoms with E-state index in [4.69, 9.17) is 15.9 Å². The Bertz CT molecular complexity index is 476. The van der Waals surface area contributed by atoms with Gasteiger partial charge in [-0.3, -0.25) is 5.41 Å². The molecule has 1 saturated carbocycles. The molecule has 104 valence electrons. The molecule has 3 N–H and O–H groups in total. The molecular formula is C16H24N2O. The molecule has 0 atom stereocenters. The first-order chi connectivity index (χ1) is 8.92. The monoisotopic (exact) mass is 260 g/mol. The molecule has 0 spiro atoms. The fourth-order valence-corrected chi connectivity index (χ4v) is 2.32. The van der Waals surface area contributed by atoms with E-state index in [-0.39, 0.29) is 11.3 Å². The van der Waals surface area contributed by atoms with E-state index in [1.165, 1.54) is 11.1 Å². The van der Waals surface area contributed by atoms with Gasteiger partial charge in [0.05, 0.1) is 12.4 Å². The van der Waals surface area contributed by atoms with Crippen LogP contribution in [0.25, 0.3) is 0 Å². The highest BCUT2D eigenvalue weighted by atomic mass is 16.5. The van der Waals surface area contributed by atoms with Gasteiger partial charge in [-0.05, 0) is 42.9 Å². The molecular weight excluding hydrogens is 236 g/mol. The summed E-state index contributed by atoms with van der Waals surface area (Å²) in [4.78, 5) is 0. The molecule has 1 fully saturated rings. The van der Waals surface area contributed by atoms with Crippen LogP contribution in [0.5, 0.6) is 5.75 Å². The third kappa shape index (κ3) is 3.49. The molecule has 0 aliphatic heterocycles. The van der Waals surface area contributed by atoms with Gasteiger partial charge in [0.15, 0.2) is 0 Å². The quantitative estimate of drug-likeness (QED) is 0.606. The second kappa shape index (κ2) is 5.24. The summed E-state index contributed by atoms with van der Waals surface area (Å²) in [5, 5.41) is 7.43. The maximum absolute atomic E-state index is 7.43. The number of ether oxygens (including phenoxy) is 1. The van der Waals surface area contributed by atoms with Crippen LogP contribution < -0.4 is 10.5 Å². The predicted molar refractivity (Wildman–Crippen MR) is 79.0 cm³/mol. The number of nitrogens with two attached hydrogens (primary N) is 1. The lowest BCUT2D eigenvalue weighted by atomic mass is 10.0. The van der Waals surface area contributed by atoms with Crippen molar-refractivity contribution in [3.63, 3.8) is 0 Å². The fraction of sp³-hybridized carbons (Fsp3) is 0.562. The summed E-state index contributed by atoms with van der Waals surface area (Å²) < 4.78 is 6.00. The van der Waals surface area contributed by atoms with Gasteiger partial charge in [-0.15, -0.1) is 0 Å². The highest BCUT2D eigenvalue weighted by Crippen LogP contribution is 2.49. The Hall–Kier alpha value is -1.51. The van der Waals surface area contributed by atoms with Gasteiger partial charge in [0.25, 0.3) is 0 Å². The third-order valence-corrected chi connectivity index (χ3v) is 3.94. The van der Waals surface area contributed by atoms with Crippen LogP contribution in [0.1, 0.15) is 50.2 Å². The minimum atomic E-state index is 0.131. The van der Waals surface area contributed by atoms with E-state index in [0.29, 0.717) is 18.9 Å². The average molecular weight is 260 g/mol. The second-order valence-electron chi connectivity index (χ2n) is 6.17. The summed E-state index contributed by atoms with van der Waals surface area (Å²) in [7, 11) is 0. The highest BCUT2D eigenvalue weighted by Gasteiger charge is 2.44. The Morgan fingerprint density at radius 1 is 1.42 bits per heavy atom. The lowest BCUT2D eigenvalue weighted by molar-refractivity contribution is 0.237. The summed E-state index contributed by atoms with van der Waals surface area (Å²) in [6.07, 6.45) is 2.90. The minimum absolute atomic E-state index is 0.131. The van der Waals surface area contributed by atoms with Crippen LogP contribution in [0.3, 0.4) is 0 Å². The first-order valence-corrected chi connectivity index (χ1v) is 6.98. The summed E-state index contributed by atoms with van der Waals surface area (Å²) in [5.41, 5.74) is 8.11. The molecule has 0 saturated heterocycles. The number of hydrogen-bond acceptors (Lipinski definition) is 2. The van der Waals surface area contributed by atoms with Crippen molar-refractivity contribution in [2.24, 2.45) is 11.1 Å². The molecule has 0 radical (unpaired) electrons. The fourth-order valence-electron chi connectivity index (χ4n) is 2.32. The maximum atomic E-state index is 7.43. The first kappa shape index (κ1) is 13.9. The zero-order chi connectivity index (χ0) is 14.0. The topological polar surface area (TPSA) is 59.1 Å². The Labute approximate surface area is 115 Å². The van der Waals surface area contributed by atoms with Crippen molar-refractivity contribution in [2.75, 3.05) is 6.61 Å². The van der Waals surface area contributed by atoms with Crippen molar-refractivity contribution < 1.29 is 4.74 Å². The molecule has 19 heavy (non-hydrogen) atoms. The van der Waals surface area contributed by atoms with Crippen LogP contribution in [0.2, 0.25) is 0 Å². The molecule has 0 amide bonds. The van der Waals surface area contributed by atoms with Crippen molar-refractivity contribution >= 4 is 5.84 Å². The van der Waals surface area contributed by atoms with Crippen LogP contribution in [0.4, 0.5) is 0 Å². The SMILES string of the molecule is Cc1ccc(C(C)C)cc1OCC1(CC(=N)N)CC1. The molecule has 2 rings (SSSR count). The molecule has 0 aromatic heterocycles. The van der Waals surface area contributed by atoms with Gasteiger partial charge < -0.3 is 10.5 Å². The van der Waals surface area contributed by atoms with E-state index in [0.717, 1.165) is 18.6 Å². The minimum Gasteiger partial charge on any atom is -0.493 e.